The third kappa shape index (κ3) is 2.11. The predicted molar refractivity (Wildman–Crippen MR) is 90.6 cm³/mol. The molecule has 0 unspecified atom stereocenters. The lowest BCUT2D eigenvalue weighted by Crippen LogP contribution is -2.56. The molecule has 1 aliphatic heterocycles. The van der Waals surface area contributed by atoms with Gasteiger partial charge in [-0.2, -0.15) is 5.26 Å². The average Bonchev–Trinajstić information content (AvgIpc) is 2.79. The number of halogens is 1. The van der Waals surface area contributed by atoms with Crippen LogP contribution in [0.3, 0.4) is 0 Å². The van der Waals surface area contributed by atoms with Gasteiger partial charge >= 0.3 is 0 Å². The number of aliphatic hydroxyl groups excluding tert-OH is 1. The maximum atomic E-state index is 10.1. The van der Waals surface area contributed by atoms with Gasteiger partial charge in [0.2, 0.25) is 5.95 Å². The van der Waals surface area contributed by atoms with E-state index in [9.17, 15) is 10.4 Å². The highest BCUT2D eigenvalue weighted by atomic mass is 35.5. The van der Waals surface area contributed by atoms with Crippen LogP contribution < -0.4 is 5.32 Å². The number of aromatic nitrogens is 3. The first-order chi connectivity index (χ1) is 12.1. The molecule has 7 nitrogen and oxygen atoms in total. The Balaban J connectivity index is 1.57. The van der Waals surface area contributed by atoms with Crippen molar-refractivity contribution in [2.45, 2.75) is 43.2 Å². The molecular formula is C17H18ClN5O2. The van der Waals surface area contributed by atoms with Crippen molar-refractivity contribution in [1.82, 2.24) is 14.6 Å². The molecule has 0 spiro atoms. The Morgan fingerprint density at radius 3 is 2.88 bits per heavy atom. The maximum Gasteiger partial charge on any atom is 0.241 e. The van der Waals surface area contributed by atoms with E-state index in [2.05, 4.69) is 21.5 Å². The Bertz CT molecular complexity index is 888. The topological polar surface area (TPSA) is 95.5 Å². The van der Waals surface area contributed by atoms with E-state index in [0.29, 0.717) is 41.7 Å². The summed E-state index contributed by atoms with van der Waals surface area (Å²) in [4.78, 5) is 4.33. The van der Waals surface area contributed by atoms with Gasteiger partial charge in [-0.05, 0) is 31.6 Å². The second-order valence-corrected chi connectivity index (χ2v) is 7.85. The summed E-state index contributed by atoms with van der Waals surface area (Å²) in [6.07, 6.45) is 5.07. The Labute approximate surface area is 149 Å². The summed E-state index contributed by atoms with van der Waals surface area (Å²) >= 11 is 6.43. The molecule has 25 heavy (non-hydrogen) atoms. The number of anilines is 1. The molecule has 3 heterocycles. The molecule has 3 saturated carbocycles. The van der Waals surface area contributed by atoms with Gasteiger partial charge < -0.3 is 15.2 Å². The Kier molecular flexibility index (Phi) is 3.26. The van der Waals surface area contributed by atoms with E-state index in [1.54, 1.807) is 10.7 Å². The number of nitrogens with one attached hydrogen (secondary N) is 1. The Morgan fingerprint density at radius 1 is 1.44 bits per heavy atom. The predicted octanol–water partition coefficient (Wildman–Crippen LogP) is 1.87. The summed E-state index contributed by atoms with van der Waals surface area (Å²) in [7, 11) is 0. The van der Waals surface area contributed by atoms with E-state index in [4.69, 9.17) is 16.3 Å². The lowest BCUT2D eigenvalue weighted by molar-refractivity contribution is -0.0323. The van der Waals surface area contributed by atoms with Gasteiger partial charge in [0.15, 0.2) is 0 Å². The van der Waals surface area contributed by atoms with Crippen molar-refractivity contribution in [3.63, 3.8) is 0 Å². The molecule has 4 fully saturated rings. The van der Waals surface area contributed by atoms with Gasteiger partial charge in [0.25, 0.3) is 0 Å². The molecule has 2 aromatic heterocycles. The zero-order valence-corrected chi connectivity index (χ0v) is 14.3. The minimum Gasteiger partial charge on any atom is -0.389 e. The van der Waals surface area contributed by atoms with Crippen LogP contribution in [0, 0.1) is 17.2 Å². The number of nitriles is 1. The molecule has 2 N–H and O–H groups in total. The van der Waals surface area contributed by atoms with Gasteiger partial charge in [-0.1, -0.05) is 11.6 Å². The first-order valence-electron chi connectivity index (χ1n) is 8.61. The van der Waals surface area contributed by atoms with Crippen molar-refractivity contribution in [2.75, 3.05) is 18.5 Å². The summed E-state index contributed by atoms with van der Waals surface area (Å²) in [6.45, 7) is 0.907. The summed E-state index contributed by atoms with van der Waals surface area (Å²) in [5.41, 5.74) is 2.17. The Morgan fingerprint density at radius 2 is 2.24 bits per heavy atom. The van der Waals surface area contributed by atoms with Crippen LogP contribution in [0.4, 0.5) is 5.95 Å². The lowest BCUT2D eigenvalue weighted by Gasteiger charge is -2.61. The minimum atomic E-state index is -0.590. The van der Waals surface area contributed by atoms with Gasteiger partial charge in [-0.15, -0.1) is 5.10 Å². The zero-order chi connectivity index (χ0) is 17.2. The highest BCUT2D eigenvalue weighted by Crippen LogP contribution is 2.66. The highest BCUT2D eigenvalue weighted by Gasteiger charge is 2.60. The number of ether oxygens (including phenoxy) is 1. The van der Waals surface area contributed by atoms with Crippen LogP contribution in [-0.2, 0) is 10.2 Å². The fraction of sp³-hybridized carbons (Fsp3) is 0.588. The molecular weight excluding hydrogens is 342 g/mol. The molecule has 1 saturated heterocycles. The number of rotatable bonds is 3. The van der Waals surface area contributed by atoms with Crippen molar-refractivity contribution in [3.05, 3.63) is 22.5 Å². The summed E-state index contributed by atoms with van der Waals surface area (Å²) < 4.78 is 7.04. The van der Waals surface area contributed by atoms with Crippen LogP contribution in [0.15, 0.2) is 6.20 Å². The van der Waals surface area contributed by atoms with Crippen LogP contribution in [-0.4, -0.2) is 45.1 Å². The number of fused-ring (bicyclic) bond motifs is 1. The lowest BCUT2D eigenvalue weighted by atomic mass is 9.43. The first-order valence-corrected chi connectivity index (χ1v) is 8.99. The van der Waals surface area contributed by atoms with Crippen molar-refractivity contribution in [3.8, 4) is 6.07 Å². The van der Waals surface area contributed by atoms with Crippen molar-refractivity contribution in [2.24, 2.45) is 5.92 Å². The van der Waals surface area contributed by atoms with Gasteiger partial charge in [-0.25, -0.2) is 9.50 Å². The standard InChI is InChI=1S/C17H18ClN5O2/c18-14-10(6-19)15(17-3-9(4-17)5-17)23-12(14)7-20-16(22-23)21-11-1-2-25-8-13(11)24/h7,9,11,13,24H,1-5,8H2,(H,21,22)/t9?,11-,13+,17?/m0/s1. The quantitative estimate of drug-likeness (QED) is 0.868. The van der Waals surface area contributed by atoms with Crippen molar-refractivity contribution < 1.29 is 9.84 Å². The molecule has 3 aliphatic carbocycles. The number of nitrogens with zero attached hydrogens (tertiary/aromatic N) is 4. The highest BCUT2D eigenvalue weighted by molar-refractivity contribution is 6.35. The molecule has 2 aromatic rings. The third-order valence-corrected chi connectivity index (χ3v) is 6.30. The third-order valence-electron chi connectivity index (χ3n) is 5.92. The van der Waals surface area contributed by atoms with Gasteiger partial charge in [0.05, 0.1) is 41.2 Å². The van der Waals surface area contributed by atoms with Crippen molar-refractivity contribution >= 4 is 23.1 Å². The molecule has 130 valence electrons. The SMILES string of the molecule is N#Cc1c(Cl)c2cnc(N[C@H]3CCOC[C@H]3O)nn2c1C12CC(C1)C2. The van der Waals surface area contributed by atoms with E-state index >= 15 is 0 Å². The molecule has 2 bridgehead atoms. The fourth-order valence-electron chi connectivity index (χ4n) is 4.49. The second kappa shape index (κ2) is 5.31. The summed E-state index contributed by atoms with van der Waals surface area (Å²) in [6, 6.07) is 2.12. The summed E-state index contributed by atoms with van der Waals surface area (Å²) in [5, 5.41) is 27.9. The number of hydrogen-bond donors (Lipinski definition) is 2. The largest absolute Gasteiger partial charge is 0.389 e. The monoisotopic (exact) mass is 359 g/mol. The van der Waals surface area contributed by atoms with E-state index in [1.807, 2.05) is 0 Å². The molecule has 2 atom stereocenters. The fourth-order valence-corrected chi connectivity index (χ4v) is 4.75. The maximum absolute atomic E-state index is 10.1. The smallest absolute Gasteiger partial charge is 0.241 e. The van der Waals surface area contributed by atoms with Gasteiger partial charge in [0.1, 0.15) is 11.6 Å². The van der Waals surface area contributed by atoms with Crippen LogP contribution in [0.25, 0.3) is 5.52 Å². The first kappa shape index (κ1) is 15.4. The van der Waals surface area contributed by atoms with Crippen LogP contribution in [0.2, 0.25) is 5.02 Å². The normalized spacial score (nSPS) is 33.4. The molecule has 0 aromatic carbocycles. The Hall–Kier alpha value is -1.88. The zero-order valence-electron chi connectivity index (χ0n) is 13.6. The van der Waals surface area contributed by atoms with E-state index < -0.39 is 6.10 Å². The average molecular weight is 360 g/mol. The molecule has 6 rings (SSSR count). The number of aliphatic hydroxyl groups is 1. The van der Waals surface area contributed by atoms with Gasteiger partial charge in [0, 0.05) is 12.0 Å². The van der Waals surface area contributed by atoms with Crippen LogP contribution in [0.1, 0.15) is 36.9 Å². The molecule has 4 aliphatic rings. The second-order valence-electron chi connectivity index (χ2n) is 7.47. The van der Waals surface area contributed by atoms with Gasteiger partial charge in [-0.3, -0.25) is 0 Å². The van der Waals surface area contributed by atoms with Crippen LogP contribution in [0.5, 0.6) is 0 Å². The molecule has 0 radical (unpaired) electrons. The molecule has 8 heteroatoms. The van der Waals surface area contributed by atoms with E-state index in [1.165, 1.54) is 0 Å². The van der Waals surface area contributed by atoms with E-state index in [0.717, 1.165) is 30.9 Å². The minimum absolute atomic E-state index is 0.0512. The van der Waals surface area contributed by atoms with E-state index in [-0.39, 0.29) is 11.5 Å². The summed E-state index contributed by atoms with van der Waals surface area (Å²) in [5.74, 6) is 1.22. The number of hydrogen-bond acceptors (Lipinski definition) is 6. The van der Waals surface area contributed by atoms with Crippen LogP contribution >= 0.6 is 11.6 Å². The molecule has 0 amide bonds. The van der Waals surface area contributed by atoms with Crippen molar-refractivity contribution in [1.29, 1.82) is 5.26 Å².